The van der Waals surface area contributed by atoms with Gasteiger partial charge >= 0.3 is 0 Å². The van der Waals surface area contributed by atoms with Gasteiger partial charge in [0.25, 0.3) is 0 Å². The fraction of sp³-hybridized carbons (Fsp3) is 0.786. The van der Waals surface area contributed by atoms with Crippen LogP contribution in [-0.4, -0.2) is 5.78 Å². The van der Waals surface area contributed by atoms with Gasteiger partial charge in [-0.1, -0.05) is 32.3 Å². The first-order valence-corrected chi connectivity index (χ1v) is 6.54. The molecule has 1 saturated carbocycles. The van der Waals surface area contributed by atoms with Crippen molar-refractivity contribution < 1.29 is 4.79 Å². The second-order valence-electron chi connectivity index (χ2n) is 5.12. The van der Waals surface area contributed by atoms with Crippen molar-refractivity contribution in [3.8, 4) is 0 Å². The molecule has 0 bridgehead atoms. The lowest BCUT2D eigenvalue weighted by Gasteiger charge is -2.27. The highest BCUT2D eigenvalue weighted by Gasteiger charge is 2.28. The Morgan fingerprint density at radius 1 is 1.40 bits per heavy atom. The molecule has 15 heavy (non-hydrogen) atoms. The molecule has 0 heterocycles. The lowest BCUT2D eigenvalue weighted by atomic mass is 9.77. The van der Waals surface area contributed by atoms with Crippen molar-refractivity contribution in [1.29, 1.82) is 0 Å². The molecule has 0 aromatic heterocycles. The first-order chi connectivity index (χ1) is 7.31. The number of hydrogen-bond acceptors (Lipinski definition) is 1. The van der Waals surface area contributed by atoms with Crippen molar-refractivity contribution in [1.82, 2.24) is 0 Å². The van der Waals surface area contributed by atoms with E-state index in [2.05, 4.69) is 13.0 Å². The molecule has 0 spiro atoms. The Morgan fingerprint density at radius 2 is 2.27 bits per heavy atom. The van der Waals surface area contributed by atoms with Crippen molar-refractivity contribution in [3.05, 3.63) is 11.6 Å². The molecule has 1 heteroatoms. The van der Waals surface area contributed by atoms with E-state index in [1.54, 1.807) is 0 Å². The summed E-state index contributed by atoms with van der Waals surface area (Å²) in [6.45, 7) is 2.26. The zero-order chi connectivity index (χ0) is 10.7. The van der Waals surface area contributed by atoms with Crippen LogP contribution >= 0.6 is 0 Å². The minimum Gasteiger partial charge on any atom is -0.294 e. The zero-order valence-electron chi connectivity index (χ0n) is 9.80. The maximum atomic E-state index is 12.2. The summed E-state index contributed by atoms with van der Waals surface area (Å²) in [6, 6.07) is 0. The van der Waals surface area contributed by atoms with Crippen molar-refractivity contribution in [2.75, 3.05) is 0 Å². The van der Waals surface area contributed by atoms with Gasteiger partial charge in [-0.2, -0.15) is 0 Å². The van der Waals surface area contributed by atoms with Gasteiger partial charge in [0.1, 0.15) is 0 Å². The Labute approximate surface area is 92.9 Å². The molecule has 0 aromatic rings. The van der Waals surface area contributed by atoms with Crippen LogP contribution in [0.2, 0.25) is 0 Å². The topological polar surface area (TPSA) is 17.1 Å². The van der Waals surface area contributed by atoms with E-state index in [9.17, 15) is 4.79 Å². The molecule has 1 fully saturated rings. The van der Waals surface area contributed by atoms with E-state index in [0.29, 0.717) is 11.7 Å². The molecular weight excluding hydrogens is 184 g/mol. The highest BCUT2D eigenvalue weighted by molar-refractivity contribution is 5.97. The minimum absolute atomic E-state index is 0.369. The van der Waals surface area contributed by atoms with Crippen LogP contribution < -0.4 is 0 Å². The normalized spacial score (nSPS) is 31.4. The summed E-state index contributed by atoms with van der Waals surface area (Å²) >= 11 is 0. The van der Waals surface area contributed by atoms with Crippen LogP contribution in [0.4, 0.5) is 0 Å². The molecule has 0 radical (unpaired) electrons. The van der Waals surface area contributed by atoms with Crippen molar-refractivity contribution in [3.63, 3.8) is 0 Å². The number of allylic oxidation sites excluding steroid dienone is 2. The molecule has 84 valence electrons. The summed E-state index contributed by atoms with van der Waals surface area (Å²) in [5.41, 5.74) is 1.15. The molecule has 2 aliphatic rings. The summed E-state index contributed by atoms with van der Waals surface area (Å²) < 4.78 is 0. The zero-order valence-corrected chi connectivity index (χ0v) is 9.80. The van der Waals surface area contributed by atoms with Gasteiger partial charge in [-0.15, -0.1) is 0 Å². The number of Topliss-reactive ketones (excluding diaryl/α,β-unsaturated/α-hetero) is 1. The predicted octanol–water partition coefficient (Wildman–Crippen LogP) is 3.88. The number of rotatable bonds is 3. The third-order valence-electron chi connectivity index (χ3n) is 4.09. The van der Waals surface area contributed by atoms with Gasteiger partial charge in [-0.05, 0) is 43.6 Å². The lowest BCUT2D eigenvalue weighted by Crippen LogP contribution is -2.23. The quantitative estimate of drug-likeness (QED) is 0.685. The second kappa shape index (κ2) is 4.96. The van der Waals surface area contributed by atoms with Gasteiger partial charge < -0.3 is 0 Å². The van der Waals surface area contributed by atoms with Crippen LogP contribution in [0.1, 0.15) is 58.3 Å². The fourth-order valence-electron chi connectivity index (χ4n) is 3.06. The third-order valence-corrected chi connectivity index (χ3v) is 4.09. The largest absolute Gasteiger partial charge is 0.294 e. The van der Waals surface area contributed by atoms with Gasteiger partial charge in [-0.25, -0.2) is 0 Å². The van der Waals surface area contributed by atoms with E-state index in [1.807, 2.05) is 0 Å². The van der Waals surface area contributed by atoms with Crippen molar-refractivity contribution in [2.24, 2.45) is 11.8 Å². The summed E-state index contributed by atoms with van der Waals surface area (Å²) in [5, 5.41) is 0. The van der Waals surface area contributed by atoms with E-state index >= 15 is 0 Å². The highest BCUT2D eigenvalue weighted by Crippen LogP contribution is 2.34. The number of carbonyl (C=O) groups is 1. The number of carbonyl (C=O) groups excluding carboxylic acids is 1. The third kappa shape index (κ3) is 2.50. The van der Waals surface area contributed by atoms with Gasteiger partial charge in [-0.3, -0.25) is 4.79 Å². The van der Waals surface area contributed by atoms with E-state index < -0.39 is 0 Å². The molecule has 2 unspecified atom stereocenters. The summed E-state index contributed by atoms with van der Waals surface area (Å²) in [7, 11) is 0. The van der Waals surface area contributed by atoms with Gasteiger partial charge in [0, 0.05) is 5.92 Å². The van der Waals surface area contributed by atoms with Crippen LogP contribution in [0, 0.1) is 11.8 Å². The van der Waals surface area contributed by atoms with Crippen molar-refractivity contribution >= 4 is 5.78 Å². The standard InChI is InChI=1S/C14H22O/c1-2-11-6-5-9-13(10-11)14(15)12-7-3-4-8-12/h7,11,13H,2-6,8-10H2,1H3. The molecule has 0 amide bonds. The van der Waals surface area contributed by atoms with E-state index in [-0.39, 0.29) is 0 Å². The Kier molecular flexibility index (Phi) is 3.61. The maximum absolute atomic E-state index is 12.2. The minimum atomic E-state index is 0.369. The number of hydrogen-bond donors (Lipinski definition) is 0. The summed E-state index contributed by atoms with van der Waals surface area (Å²) in [6.07, 6.45) is 11.7. The van der Waals surface area contributed by atoms with Crippen LogP contribution in [0.15, 0.2) is 11.6 Å². The highest BCUT2D eigenvalue weighted by atomic mass is 16.1. The first-order valence-electron chi connectivity index (χ1n) is 6.54. The summed E-state index contributed by atoms with van der Waals surface area (Å²) in [4.78, 5) is 12.2. The average Bonchev–Trinajstić information content (AvgIpc) is 2.81. The van der Waals surface area contributed by atoms with Crippen LogP contribution in [0.25, 0.3) is 0 Å². The Morgan fingerprint density at radius 3 is 2.93 bits per heavy atom. The van der Waals surface area contributed by atoms with Crippen LogP contribution in [0.5, 0.6) is 0 Å². The van der Waals surface area contributed by atoms with Gasteiger partial charge in [0.15, 0.2) is 5.78 Å². The molecule has 2 rings (SSSR count). The molecule has 2 aliphatic carbocycles. The summed E-state index contributed by atoms with van der Waals surface area (Å²) in [5.74, 6) is 1.67. The fourth-order valence-corrected chi connectivity index (χ4v) is 3.06. The molecule has 0 N–H and O–H groups in total. The smallest absolute Gasteiger partial charge is 0.161 e. The van der Waals surface area contributed by atoms with Gasteiger partial charge in [0.2, 0.25) is 0 Å². The average molecular weight is 206 g/mol. The first kappa shape index (κ1) is 10.9. The molecule has 1 nitrogen and oxygen atoms in total. The molecular formula is C14H22O. The maximum Gasteiger partial charge on any atom is 0.161 e. The molecule has 0 saturated heterocycles. The predicted molar refractivity (Wildman–Crippen MR) is 62.7 cm³/mol. The van der Waals surface area contributed by atoms with Crippen LogP contribution in [0.3, 0.4) is 0 Å². The Balaban J connectivity index is 1.94. The monoisotopic (exact) mass is 206 g/mol. The number of ketones is 1. The van der Waals surface area contributed by atoms with E-state index in [1.165, 1.54) is 25.7 Å². The molecule has 0 aromatic carbocycles. The second-order valence-corrected chi connectivity index (χ2v) is 5.12. The lowest BCUT2D eigenvalue weighted by molar-refractivity contribution is -0.120. The molecule has 0 aliphatic heterocycles. The Hall–Kier alpha value is -0.590. The van der Waals surface area contributed by atoms with Crippen molar-refractivity contribution in [2.45, 2.75) is 58.3 Å². The van der Waals surface area contributed by atoms with Crippen LogP contribution in [-0.2, 0) is 4.79 Å². The SMILES string of the molecule is CCC1CCCC(C(=O)C2=CCCC2)C1. The van der Waals surface area contributed by atoms with Gasteiger partial charge in [0.05, 0.1) is 0 Å². The van der Waals surface area contributed by atoms with E-state index in [0.717, 1.165) is 37.2 Å². The molecule has 2 atom stereocenters. The van der Waals surface area contributed by atoms with E-state index in [4.69, 9.17) is 0 Å². The Bertz CT molecular complexity index is 265.